The maximum absolute atomic E-state index is 11.6. The van der Waals surface area contributed by atoms with E-state index >= 15 is 0 Å². The number of carbonyl (C=O) groups is 1. The van der Waals surface area contributed by atoms with Crippen LogP contribution in [0.5, 0.6) is 11.5 Å². The summed E-state index contributed by atoms with van der Waals surface area (Å²) in [6, 6.07) is 20.1. The fraction of sp³-hybridized carbons (Fsp3) is 0.357. The van der Waals surface area contributed by atoms with E-state index in [0.29, 0.717) is 19.6 Å². The van der Waals surface area contributed by atoms with Crippen LogP contribution >= 0.6 is 0 Å². The van der Waals surface area contributed by atoms with Gasteiger partial charge in [0.2, 0.25) is 0 Å². The minimum absolute atomic E-state index is 0.109. The number of ether oxygens (including phenoxy) is 2. The number of nitrogens with zero attached hydrogens (tertiary/aromatic N) is 1. The third-order valence-corrected chi connectivity index (χ3v) is 6.35. The van der Waals surface area contributed by atoms with Crippen LogP contribution in [-0.4, -0.2) is 29.3 Å². The summed E-state index contributed by atoms with van der Waals surface area (Å²) in [5.74, 6) is 0.777. The topological polar surface area (TPSA) is 68.7 Å². The van der Waals surface area contributed by atoms with Gasteiger partial charge in [0, 0.05) is 17.7 Å². The zero-order valence-electron chi connectivity index (χ0n) is 19.3. The van der Waals surface area contributed by atoms with Gasteiger partial charge in [0.05, 0.1) is 24.8 Å². The molecule has 1 N–H and O–H groups in total. The molecular weight excluding hydrogens is 414 g/mol. The first-order valence-corrected chi connectivity index (χ1v) is 11.7. The van der Waals surface area contributed by atoms with Gasteiger partial charge < -0.3 is 14.6 Å². The molecule has 0 fully saturated rings. The van der Waals surface area contributed by atoms with Gasteiger partial charge in [-0.15, -0.1) is 0 Å². The molecule has 1 heterocycles. The zero-order valence-corrected chi connectivity index (χ0v) is 19.3. The van der Waals surface area contributed by atoms with Crippen molar-refractivity contribution in [2.45, 2.75) is 45.4 Å². The Kier molecular flexibility index (Phi) is 7.28. The summed E-state index contributed by atoms with van der Waals surface area (Å²) in [5.41, 5.74) is 5.42. The molecule has 0 spiro atoms. The van der Waals surface area contributed by atoms with Crippen LogP contribution < -0.4 is 9.47 Å². The van der Waals surface area contributed by atoms with Gasteiger partial charge in [0.1, 0.15) is 11.5 Å². The Morgan fingerprint density at radius 1 is 1.06 bits per heavy atom. The minimum atomic E-state index is -0.697. The van der Waals surface area contributed by atoms with Crippen molar-refractivity contribution in [1.82, 2.24) is 4.98 Å². The van der Waals surface area contributed by atoms with Crippen LogP contribution in [0.4, 0.5) is 0 Å². The first-order chi connectivity index (χ1) is 16.0. The number of rotatable bonds is 10. The molecule has 0 saturated carbocycles. The van der Waals surface area contributed by atoms with E-state index in [4.69, 9.17) is 9.47 Å². The second-order valence-corrected chi connectivity index (χ2v) is 8.60. The second kappa shape index (κ2) is 10.5. The number of hydrogen-bond acceptors (Lipinski definition) is 4. The molecule has 1 aromatic heterocycles. The Balaban J connectivity index is 1.23. The molecule has 0 radical (unpaired) electrons. The van der Waals surface area contributed by atoms with Gasteiger partial charge in [0.25, 0.3) is 0 Å². The molecule has 2 aromatic carbocycles. The highest BCUT2D eigenvalue weighted by Gasteiger charge is 2.33. The lowest BCUT2D eigenvalue weighted by atomic mass is 9.85. The molecule has 1 aliphatic carbocycles. The highest BCUT2D eigenvalue weighted by atomic mass is 16.5. The molecule has 5 heteroatoms. The van der Waals surface area contributed by atoms with Crippen molar-refractivity contribution in [3.63, 3.8) is 0 Å². The number of aryl methyl sites for hydroxylation is 2. The first-order valence-electron chi connectivity index (χ1n) is 11.7. The van der Waals surface area contributed by atoms with E-state index in [1.165, 1.54) is 11.1 Å². The molecule has 33 heavy (non-hydrogen) atoms. The van der Waals surface area contributed by atoms with Crippen LogP contribution in [0, 0.1) is 12.8 Å². The smallest absolute Gasteiger partial charge is 0.307 e. The van der Waals surface area contributed by atoms with Gasteiger partial charge in [-0.25, -0.2) is 0 Å². The summed E-state index contributed by atoms with van der Waals surface area (Å²) in [6.07, 6.45) is 3.25. The molecular formula is C28H31NO4. The Bertz CT molecular complexity index is 1090. The highest BCUT2D eigenvalue weighted by Crippen LogP contribution is 2.41. The van der Waals surface area contributed by atoms with Gasteiger partial charge in [-0.1, -0.05) is 19.1 Å². The molecule has 2 atom stereocenters. The largest absolute Gasteiger partial charge is 0.493 e. The SMILES string of the molecule is CCC(C(=O)O)[C@@H]1CCc2cc(OCCCOc3ccc(-c4cccc(C)n4)cc3)ccc21. The number of aromatic nitrogens is 1. The fourth-order valence-electron chi connectivity index (χ4n) is 4.63. The Morgan fingerprint density at radius 2 is 1.79 bits per heavy atom. The fourth-order valence-corrected chi connectivity index (χ4v) is 4.63. The predicted octanol–water partition coefficient (Wildman–Crippen LogP) is 6.05. The lowest BCUT2D eigenvalue weighted by Crippen LogP contribution is -2.19. The summed E-state index contributed by atoms with van der Waals surface area (Å²) in [4.78, 5) is 16.1. The molecule has 0 aliphatic heterocycles. The summed E-state index contributed by atoms with van der Waals surface area (Å²) in [6.45, 7) is 5.09. The zero-order chi connectivity index (χ0) is 23.2. The number of carboxylic acids is 1. The maximum Gasteiger partial charge on any atom is 0.307 e. The van der Waals surface area contributed by atoms with Gasteiger partial charge >= 0.3 is 5.97 Å². The van der Waals surface area contributed by atoms with E-state index in [1.807, 2.05) is 62.4 Å². The van der Waals surface area contributed by atoms with Crippen LogP contribution in [0.2, 0.25) is 0 Å². The van der Waals surface area contributed by atoms with E-state index in [2.05, 4.69) is 17.1 Å². The van der Waals surface area contributed by atoms with Crippen LogP contribution in [0.3, 0.4) is 0 Å². The van der Waals surface area contributed by atoms with Crippen LogP contribution in [0.1, 0.15) is 48.9 Å². The van der Waals surface area contributed by atoms with Gasteiger partial charge in [-0.05, 0) is 91.8 Å². The number of carboxylic acid groups (broad SMARTS) is 1. The Morgan fingerprint density at radius 3 is 2.48 bits per heavy atom. The van der Waals surface area contributed by atoms with E-state index in [9.17, 15) is 9.90 Å². The molecule has 5 nitrogen and oxygen atoms in total. The average Bonchev–Trinajstić information content (AvgIpc) is 3.22. The lowest BCUT2D eigenvalue weighted by Gasteiger charge is -2.19. The number of fused-ring (bicyclic) bond motifs is 1. The van der Waals surface area contributed by atoms with Crippen molar-refractivity contribution in [3.8, 4) is 22.8 Å². The predicted molar refractivity (Wildman–Crippen MR) is 129 cm³/mol. The molecule has 4 rings (SSSR count). The van der Waals surface area contributed by atoms with Crippen LogP contribution in [0.15, 0.2) is 60.7 Å². The Hall–Kier alpha value is -3.34. The standard InChI is InChI=1S/C28H31NO4/c1-3-24(28(30)31)26-14-10-21-18-23(13-15-25(21)26)33-17-5-16-32-22-11-8-20(9-12-22)27-7-4-6-19(2)29-27/h4,6-9,11-13,15,18,24,26H,3,5,10,14,16-17H2,1-2H3,(H,30,31)/t24?,26-/m0/s1. The second-order valence-electron chi connectivity index (χ2n) is 8.60. The summed E-state index contributed by atoms with van der Waals surface area (Å²) in [5, 5.41) is 9.50. The van der Waals surface area contributed by atoms with Gasteiger partial charge in [0.15, 0.2) is 0 Å². The normalized spacial score (nSPS) is 15.6. The third-order valence-electron chi connectivity index (χ3n) is 6.35. The summed E-state index contributed by atoms with van der Waals surface area (Å²) >= 11 is 0. The number of pyridine rings is 1. The highest BCUT2D eigenvalue weighted by molar-refractivity contribution is 5.72. The molecule has 0 bridgehead atoms. The van der Waals surface area contributed by atoms with Crippen molar-refractivity contribution < 1.29 is 19.4 Å². The summed E-state index contributed by atoms with van der Waals surface area (Å²) < 4.78 is 11.8. The molecule has 172 valence electrons. The van der Waals surface area contributed by atoms with E-state index in [-0.39, 0.29) is 11.8 Å². The van der Waals surface area contributed by atoms with Crippen molar-refractivity contribution in [3.05, 3.63) is 77.5 Å². The van der Waals surface area contributed by atoms with Gasteiger partial charge in [-0.2, -0.15) is 0 Å². The van der Waals surface area contributed by atoms with E-state index in [0.717, 1.165) is 47.7 Å². The molecule has 0 amide bonds. The number of benzene rings is 2. The van der Waals surface area contributed by atoms with Crippen molar-refractivity contribution >= 4 is 5.97 Å². The first kappa shape index (κ1) is 22.8. The quantitative estimate of drug-likeness (QED) is 0.385. The molecule has 1 unspecified atom stereocenters. The van der Waals surface area contributed by atoms with Crippen molar-refractivity contribution in [2.75, 3.05) is 13.2 Å². The lowest BCUT2D eigenvalue weighted by molar-refractivity contribution is -0.142. The van der Waals surface area contributed by atoms with Gasteiger partial charge in [-0.3, -0.25) is 9.78 Å². The molecule has 3 aromatic rings. The average molecular weight is 446 g/mol. The minimum Gasteiger partial charge on any atom is -0.493 e. The monoisotopic (exact) mass is 445 g/mol. The van der Waals surface area contributed by atoms with Crippen molar-refractivity contribution in [2.24, 2.45) is 5.92 Å². The van der Waals surface area contributed by atoms with Crippen LogP contribution in [0.25, 0.3) is 11.3 Å². The maximum atomic E-state index is 11.6. The molecule has 0 saturated heterocycles. The van der Waals surface area contributed by atoms with Crippen LogP contribution in [-0.2, 0) is 11.2 Å². The van der Waals surface area contributed by atoms with E-state index < -0.39 is 5.97 Å². The van der Waals surface area contributed by atoms with E-state index in [1.54, 1.807) is 0 Å². The third kappa shape index (κ3) is 5.54. The van der Waals surface area contributed by atoms with Crippen molar-refractivity contribution in [1.29, 1.82) is 0 Å². The summed E-state index contributed by atoms with van der Waals surface area (Å²) in [7, 11) is 0. The Labute approximate surface area is 195 Å². The number of aliphatic carboxylic acids is 1. The molecule has 1 aliphatic rings. The number of hydrogen-bond donors (Lipinski definition) is 1.